The van der Waals surface area contributed by atoms with E-state index in [1.807, 2.05) is 0 Å². The van der Waals surface area contributed by atoms with Gasteiger partial charge in [-0.25, -0.2) is 4.79 Å². The van der Waals surface area contributed by atoms with Crippen LogP contribution in [-0.4, -0.2) is 68.3 Å². The van der Waals surface area contributed by atoms with Gasteiger partial charge in [-0.3, -0.25) is 0 Å². The molecule has 0 saturated carbocycles. The van der Waals surface area contributed by atoms with Crippen molar-refractivity contribution in [3.63, 3.8) is 0 Å². The molecule has 0 aliphatic rings. The topological polar surface area (TPSA) is 98.0 Å². The number of aliphatic hydroxyl groups is 3. The van der Waals surface area contributed by atoms with E-state index in [0.717, 1.165) is 0 Å². The van der Waals surface area contributed by atoms with Gasteiger partial charge in [-0.1, -0.05) is 0 Å². The van der Waals surface area contributed by atoms with Crippen molar-refractivity contribution < 1.29 is 28.1 Å². The van der Waals surface area contributed by atoms with Gasteiger partial charge in [0.25, 0.3) is 0 Å². The Hall–Kier alpha value is 0.116. The molecule has 0 aliphatic carbocycles. The maximum atomic E-state index is 9.78. The van der Waals surface area contributed by atoms with Crippen molar-refractivity contribution in [3.8, 4) is 0 Å². The zero-order valence-electron chi connectivity index (χ0n) is 7.27. The van der Waals surface area contributed by atoms with Crippen LogP contribution in [-0.2, 0) is 4.79 Å². The molecule has 0 aliphatic heterocycles. The molecule has 2 atom stereocenters. The molecule has 4 N–H and O–H groups in total. The molecule has 0 saturated heterocycles. The molecule has 58 valence electrons. The van der Waals surface area contributed by atoms with E-state index in [-0.39, 0.29) is 25.9 Å². The second-order valence-corrected chi connectivity index (χ2v) is 1.53. The molecule has 0 amide bonds. The van der Waals surface area contributed by atoms with E-state index in [2.05, 4.69) is 0 Å². The van der Waals surface area contributed by atoms with Gasteiger partial charge in [0, 0.05) is 0 Å². The summed E-state index contributed by atoms with van der Waals surface area (Å²) in [6, 6.07) is 0. The molecular formula is C4H10MgO5. The summed E-state index contributed by atoms with van der Waals surface area (Å²) in [6.07, 6.45) is -3.49. The molecule has 0 aromatic rings. The van der Waals surface area contributed by atoms with Crippen molar-refractivity contribution in [2.24, 2.45) is 0 Å². The minimum Gasteiger partial charge on any atom is -1.00 e. The van der Waals surface area contributed by atoms with E-state index in [9.17, 15) is 4.79 Å². The van der Waals surface area contributed by atoms with Crippen LogP contribution >= 0.6 is 0 Å². The maximum absolute atomic E-state index is 9.78. The summed E-state index contributed by atoms with van der Waals surface area (Å²) in [5.41, 5.74) is 0. The van der Waals surface area contributed by atoms with E-state index in [1.165, 1.54) is 0 Å². The Labute approximate surface area is 76.4 Å². The van der Waals surface area contributed by atoms with Crippen molar-refractivity contribution >= 4 is 29.0 Å². The molecule has 0 spiro atoms. The van der Waals surface area contributed by atoms with Gasteiger partial charge in [0.05, 0.1) is 6.61 Å². The first kappa shape index (κ1) is 12.8. The summed E-state index contributed by atoms with van der Waals surface area (Å²) in [5.74, 6) is -1.54. The molecule has 0 rings (SSSR count). The summed E-state index contributed by atoms with van der Waals surface area (Å²) in [5, 5.41) is 32.8. The fourth-order valence-corrected chi connectivity index (χ4v) is 0.264. The SMILES string of the molecule is O=C(O)C(O)C(O)CO.[H-].[H-].[Mg+2]. The predicted octanol–water partition coefficient (Wildman–Crippen LogP) is -2.37. The second kappa shape index (κ2) is 5.87. The van der Waals surface area contributed by atoms with Crippen LogP contribution in [0.4, 0.5) is 0 Å². The Bertz CT molecular complexity index is 114. The Morgan fingerprint density at radius 1 is 1.50 bits per heavy atom. The molecule has 2 unspecified atom stereocenters. The number of hydrogen-bond donors (Lipinski definition) is 4. The largest absolute Gasteiger partial charge is 2.00 e. The minimum atomic E-state index is -1.89. The van der Waals surface area contributed by atoms with Gasteiger partial charge in [-0.05, 0) is 0 Å². The number of rotatable bonds is 3. The maximum Gasteiger partial charge on any atom is 2.00 e. The van der Waals surface area contributed by atoms with Gasteiger partial charge in [0.2, 0.25) is 0 Å². The van der Waals surface area contributed by atoms with Crippen LogP contribution in [0.5, 0.6) is 0 Å². The quantitative estimate of drug-likeness (QED) is 0.348. The minimum absolute atomic E-state index is 0. The monoisotopic (exact) mass is 162 g/mol. The normalized spacial score (nSPS) is 15.1. The van der Waals surface area contributed by atoms with Crippen LogP contribution < -0.4 is 0 Å². The van der Waals surface area contributed by atoms with Crippen LogP contribution in [0.2, 0.25) is 0 Å². The summed E-state index contributed by atoms with van der Waals surface area (Å²) in [4.78, 5) is 9.78. The fraction of sp³-hybridized carbons (Fsp3) is 0.750. The van der Waals surface area contributed by atoms with Gasteiger partial charge < -0.3 is 23.3 Å². The number of hydrogen-bond acceptors (Lipinski definition) is 4. The van der Waals surface area contributed by atoms with Gasteiger partial charge in [0.1, 0.15) is 6.10 Å². The standard InChI is InChI=1S/C4H8O5.Mg.2H/c5-1-2(6)3(7)4(8)9;;;/h2-3,5-7H,1H2,(H,8,9);;;/q;+2;2*-1. The van der Waals surface area contributed by atoms with Crippen molar-refractivity contribution in [2.75, 3.05) is 6.61 Å². The van der Waals surface area contributed by atoms with Crippen LogP contribution in [0.15, 0.2) is 0 Å². The number of carbonyl (C=O) groups is 1. The molecule has 5 nitrogen and oxygen atoms in total. The molecule has 0 heterocycles. The third-order valence-electron chi connectivity index (χ3n) is 0.805. The summed E-state index contributed by atoms with van der Waals surface area (Å²) in [7, 11) is 0. The van der Waals surface area contributed by atoms with Crippen molar-refractivity contribution in [3.05, 3.63) is 0 Å². The number of aliphatic carboxylic acids is 1. The van der Waals surface area contributed by atoms with Crippen LogP contribution in [0, 0.1) is 0 Å². The Kier molecular flexibility index (Phi) is 7.49. The predicted molar refractivity (Wildman–Crippen MR) is 34.7 cm³/mol. The van der Waals surface area contributed by atoms with Gasteiger partial charge in [-0.2, -0.15) is 0 Å². The average molecular weight is 162 g/mol. The third-order valence-corrected chi connectivity index (χ3v) is 0.805. The van der Waals surface area contributed by atoms with Crippen molar-refractivity contribution in [1.29, 1.82) is 0 Å². The Morgan fingerprint density at radius 3 is 2.00 bits per heavy atom. The smallest absolute Gasteiger partial charge is 1.00 e. The van der Waals surface area contributed by atoms with Crippen molar-refractivity contribution in [1.82, 2.24) is 0 Å². The van der Waals surface area contributed by atoms with Crippen LogP contribution in [0.1, 0.15) is 2.85 Å². The zero-order chi connectivity index (χ0) is 7.44. The Morgan fingerprint density at radius 2 is 1.90 bits per heavy atom. The second-order valence-electron chi connectivity index (χ2n) is 1.53. The number of carboxylic acids is 1. The van der Waals surface area contributed by atoms with E-state index in [1.54, 1.807) is 0 Å². The molecule has 0 bridgehead atoms. The fourth-order valence-electron chi connectivity index (χ4n) is 0.264. The van der Waals surface area contributed by atoms with Crippen molar-refractivity contribution in [2.45, 2.75) is 12.2 Å². The van der Waals surface area contributed by atoms with E-state index >= 15 is 0 Å². The summed E-state index contributed by atoms with van der Waals surface area (Å²) >= 11 is 0. The van der Waals surface area contributed by atoms with Gasteiger partial charge in [-0.15, -0.1) is 0 Å². The Balaban J connectivity index is -0.000000107. The molecular weight excluding hydrogens is 152 g/mol. The molecule has 0 fully saturated rings. The number of carboxylic acid groups (broad SMARTS) is 1. The number of aliphatic hydroxyl groups excluding tert-OH is 3. The summed E-state index contributed by atoms with van der Waals surface area (Å²) < 4.78 is 0. The molecule has 0 aromatic carbocycles. The first-order chi connectivity index (χ1) is 4.09. The van der Waals surface area contributed by atoms with Gasteiger partial charge >= 0.3 is 29.0 Å². The molecule has 6 heteroatoms. The van der Waals surface area contributed by atoms with Gasteiger partial charge in [0.15, 0.2) is 6.10 Å². The van der Waals surface area contributed by atoms with E-state index in [4.69, 9.17) is 20.4 Å². The summed E-state index contributed by atoms with van der Waals surface area (Å²) in [6.45, 7) is -0.756. The first-order valence-electron chi connectivity index (χ1n) is 2.29. The first-order valence-corrected chi connectivity index (χ1v) is 2.29. The van der Waals surface area contributed by atoms with Crippen LogP contribution in [0.25, 0.3) is 0 Å². The molecule has 10 heavy (non-hydrogen) atoms. The zero-order valence-corrected chi connectivity index (χ0v) is 6.68. The molecule has 0 radical (unpaired) electrons. The van der Waals surface area contributed by atoms with E-state index in [0.29, 0.717) is 0 Å². The molecule has 0 aromatic heterocycles. The average Bonchev–Trinajstić information content (AvgIpc) is 1.84. The van der Waals surface area contributed by atoms with Crippen LogP contribution in [0.3, 0.4) is 0 Å². The third kappa shape index (κ3) is 4.02. The van der Waals surface area contributed by atoms with E-state index < -0.39 is 24.8 Å².